The summed E-state index contributed by atoms with van der Waals surface area (Å²) in [5.41, 5.74) is 0.425. The highest BCUT2D eigenvalue weighted by Gasteiger charge is 2.09. The summed E-state index contributed by atoms with van der Waals surface area (Å²) in [4.78, 5) is 11.3. The maximum absolute atomic E-state index is 11.3. The zero-order valence-corrected chi connectivity index (χ0v) is 12.3. The molecule has 0 N–H and O–H groups in total. The minimum atomic E-state index is -0.0329. The molecule has 2 nitrogen and oxygen atoms in total. The summed E-state index contributed by atoms with van der Waals surface area (Å²) in [7, 11) is 0. The van der Waals surface area contributed by atoms with Gasteiger partial charge in [-0.2, -0.15) is 0 Å². The third-order valence-corrected chi connectivity index (χ3v) is 2.76. The van der Waals surface area contributed by atoms with Gasteiger partial charge in [0.2, 0.25) is 0 Å². The van der Waals surface area contributed by atoms with Crippen molar-refractivity contribution >= 4 is 5.97 Å². The van der Waals surface area contributed by atoms with Gasteiger partial charge in [-0.05, 0) is 30.6 Å². The van der Waals surface area contributed by atoms with Gasteiger partial charge in [-0.25, -0.2) is 0 Å². The SMILES string of the molecule is CC(C)CCC(=O)OCCCCCC(C)(C)C. The molecule has 0 saturated heterocycles. The highest BCUT2D eigenvalue weighted by molar-refractivity contribution is 5.69. The molecule has 0 atom stereocenters. The lowest BCUT2D eigenvalue weighted by molar-refractivity contribution is -0.144. The van der Waals surface area contributed by atoms with Crippen molar-refractivity contribution < 1.29 is 9.53 Å². The minimum Gasteiger partial charge on any atom is -0.466 e. The van der Waals surface area contributed by atoms with Gasteiger partial charge in [0, 0.05) is 6.42 Å². The summed E-state index contributed by atoms with van der Waals surface area (Å²) in [5, 5.41) is 0. The Bertz CT molecular complexity index is 201. The van der Waals surface area contributed by atoms with E-state index >= 15 is 0 Å². The van der Waals surface area contributed by atoms with E-state index in [2.05, 4.69) is 34.6 Å². The van der Waals surface area contributed by atoms with E-state index in [1.807, 2.05) is 0 Å². The standard InChI is InChI=1S/C15H30O2/c1-13(2)9-10-14(16)17-12-8-6-7-11-15(3,4)5/h13H,6-12H2,1-5H3. The molecule has 0 bridgehead atoms. The van der Waals surface area contributed by atoms with Gasteiger partial charge in [0.1, 0.15) is 0 Å². The third kappa shape index (κ3) is 13.4. The van der Waals surface area contributed by atoms with E-state index in [0.717, 1.165) is 19.3 Å². The van der Waals surface area contributed by atoms with Crippen LogP contribution in [0.2, 0.25) is 0 Å². The van der Waals surface area contributed by atoms with Crippen LogP contribution in [0.25, 0.3) is 0 Å². The van der Waals surface area contributed by atoms with Crippen LogP contribution in [0.15, 0.2) is 0 Å². The Labute approximate surface area is 107 Å². The second kappa shape index (κ2) is 8.54. The Morgan fingerprint density at radius 2 is 1.76 bits per heavy atom. The largest absolute Gasteiger partial charge is 0.466 e. The van der Waals surface area contributed by atoms with Crippen LogP contribution in [0.1, 0.15) is 73.1 Å². The van der Waals surface area contributed by atoms with Crippen molar-refractivity contribution in [1.82, 2.24) is 0 Å². The first-order valence-corrected chi connectivity index (χ1v) is 6.97. The second-order valence-corrected chi connectivity index (χ2v) is 6.52. The Balaban J connectivity index is 3.31. The molecule has 0 aromatic carbocycles. The number of ether oxygens (including phenoxy) is 1. The molecule has 0 unspecified atom stereocenters. The highest BCUT2D eigenvalue weighted by atomic mass is 16.5. The quantitative estimate of drug-likeness (QED) is 0.460. The monoisotopic (exact) mass is 242 g/mol. The van der Waals surface area contributed by atoms with Gasteiger partial charge in [0.05, 0.1) is 6.61 Å². The molecule has 0 rings (SSSR count). The summed E-state index contributed by atoms with van der Waals surface area (Å²) in [6.45, 7) is 11.6. The fourth-order valence-corrected chi connectivity index (χ4v) is 1.60. The van der Waals surface area contributed by atoms with Crippen molar-refractivity contribution in [2.45, 2.75) is 73.1 Å². The average Bonchev–Trinajstić information content (AvgIpc) is 2.18. The van der Waals surface area contributed by atoms with Crippen LogP contribution in [-0.4, -0.2) is 12.6 Å². The molecule has 102 valence electrons. The molecular weight excluding hydrogens is 212 g/mol. The molecule has 0 fully saturated rings. The van der Waals surface area contributed by atoms with Crippen LogP contribution >= 0.6 is 0 Å². The summed E-state index contributed by atoms with van der Waals surface area (Å²) >= 11 is 0. The molecule has 0 aromatic rings. The maximum atomic E-state index is 11.3. The second-order valence-electron chi connectivity index (χ2n) is 6.52. The summed E-state index contributed by atoms with van der Waals surface area (Å²) < 4.78 is 5.19. The molecular formula is C15H30O2. The van der Waals surface area contributed by atoms with Crippen LogP contribution in [0, 0.1) is 11.3 Å². The molecule has 0 aromatic heterocycles. The van der Waals surface area contributed by atoms with Crippen LogP contribution in [0.4, 0.5) is 0 Å². The number of carbonyl (C=O) groups excluding carboxylic acids is 1. The van der Waals surface area contributed by atoms with Crippen LogP contribution in [-0.2, 0) is 9.53 Å². The molecule has 0 aliphatic rings. The lowest BCUT2D eigenvalue weighted by Crippen LogP contribution is -2.08. The molecule has 0 radical (unpaired) electrons. The Morgan fingerprint density at radius 3 is 2.29 bits per heavy atom. The fourth-order valence-electron chi connectivity index (χ4n) is 1.60. The van der Waals surface area contributed by atoms with Crippen molar-refractivity contribution in [2.75, 3.05) is 6.61 Å². The number of hydrogen-bond donors (Lipinski definition) is 0. The molecule has 0 heterocycles. The van der Waals surface area contributed by atoms with Crippen molar-refractivity contribution in [2.24, 2.45) is 11.3 Å². The highest BCUT2D eigenvalue weighted by Crippen LogP contribution is 2.21. The number of unbranched alkanes of at least 4 members (excludes halogenated alkanes) is 2. The predicted octanol–water partition coefficient (Wildman–Crippen LogP) is 4.57. The lowest BCUT2D eigenvalue weighted by Gasteiger charge is -2.17. The molecule has 0 amide bonds. The Morgan fingerprint density at radius 1 is 1.12 bits per heavy atom. The predicted molar refractivity (Wildman–Crippen MR) is 73.0 cm³/mol. The van der Waals surface area contributed by atoms with Gasteiger partial charge in [-0.1, -0.05) is 47.5 Å². The smallest absolute Gasteiger partial charge is 0.305 e. The van der Waals surface area contributed by atoms with E-state index in [0.29, 0.717) is 24.4 Å². The molecule has 0 spiro atoms. The van der Waals surface area contributed by atoms with Gasteiger partial charge in [0.25, 0.3) is 0 Å². The maximum Gasteiger partial charge on any atom is 0.305 e. The van der Waals surface area contributed by atoms with Crippen molar-refractivity contribution in [3.05, 3.63) is 0 Å². The average molecular weight is 242 g/mol. The van der Waals surface area contributed by atoms with E-state index in [4.69, 9.17) is 4.74 Å². The van der Waals surface area contributed by atoms with Crippen LogP contribution < -0.4 is 0 Å². The lowest BCUT2D eigenvalue weighted by atomic mass is 9.89. The fraction of sp³-hybridized carbons (Fsp3) is 0.933. The van der Waals surface area contributed by atoms with Crippen LogP contribution in [0.3, 0.4) is 0 Å². The van der Waals surface area contributed by atoms with Crippen molar-refractivity contribution in [3.8, 4) is 0 Å². The topological polar surface area (TPSA) is 26.3 Å². The molecule has 2 heteroatoms. The molecule has 0 aliphatic heterocycles. The minimum absolute atomic E-state index is 0.0329. The number of rotatable bonds is 8. The summed E-state index contributed by atoms with van der Waals surface area (Å²) in [6, 6.07) is 0. The van der Waals surface area contributed by atoms with Crippen LogP contribution in [0.5, 0.6) is 0 Å². The van der Waals surface area contributed by atoms with Gasteiger partial charge < -0.3 is 4.74 Å². The summed E-state index contributed by atoms with van der Waals surface area (Å²) in [5.74, 6) is 0.545. The van der Waals surface area contributed by atoms with Gasteiger partial charge in [-0.15, -0.1) is 0 Å². The Hall–Kier alpha value is -0.530. The van der Waals surface area contributed by atoms with Gasteiger partial charge in [0.15, 0.2) is 0 Å². The molecule has 0 aliphatic carbocycles. The van der Waals surface area contributed by atoms with Crippen molar-refractivity contribution in [3.63, 3.8) is 0 Å². The molecule has 0 saturated carbocycles. The summed E-state index contributed by atoms with van der Waals surface area (Å²) in [6.07, 6.45) is 6.14. The number of esters is 1. The van der Waals surface area contributed by atoms with E-state index in [1.54, 1.807) is 0 Å². The zero-order valence-electron chi connectivity index (χ0n) is 12.3. The van der Waals surface area contributed by atoms with E-state index in [1.165, 1.54) is 12.8 Å². The zero-order chi connectivity index (χ0) is 13.3. The van der Waals surface area contributed by atoms with E-state index in [9.17, 15) is 4.79 Å². The van der Waals surface area contributed by atoms with E-state index in [-0.39, 0.29) is 5.97 Å². The first-order valence-electron chi connectivity index (χ1n) is 6.97. The first-order chi connectivity index (χ1) is 7.81. The first kappa shape index (κ1) is 16.5. The Kier molecular flexibility index (Phi) is 8.28. The normalized spacial score (nSPS) is 11.9. The van der Waals surface area contributed by atoms with E-state index < -0.39 is 0 Å². The third-order valence-electron chi connectivity index (χ3n) is 2.76. The molecule has 17 heavy (non-hydrogen) atoms. The van der Waals surface area contributed by atoms with Gasteiger partial charge in [-0.3, -0.25) is 4.79 Å². The number of hydrogen-bond acceptors (Lipinski definition) is 2. The van der Waals surface area contributed by atoms with Gasteiger partial charge >= 0.3 is 5.97 Å². The number of carbonyl (C=O) groups is 1. The van der Waals surface area contributed by atoms with Crippen molar-refractivity contribution in [1.29, 1.82) is 0 Å².